The lowest BCUT2D eigenvalue weighted by Crippen LogP contribution is -2.34. The average Bonchev–Trinajstić information content (AvgIpc) is 3.68. The summed E-state index contributed by atoms with van der Waals surface area (Å²) in [7, 11) is 0. The fourth-order valence-electron chi connectivity index (χ4n) is 9.86. The molecule has 0 radical (unpaired) electrons. The van der Waals surface area contributed by atoms with Gasteiger partial charge in [0.05, 0.1) is 10.8 Å². The molecule has 1 aliphatic heterocycles. The van der Waals surface area contributed by atoms with Crippen LogP contribution in [0.1, 0.15) is 44.5 Å². The number of ether oxygens (including phenoxy) is 1. The first-order valence-electron chi connectivity index (χ1n) is 17.8. The van der Waals surface area contributed by atoms with E-state index in [1.807, 2.05) is 0 Å². The van der Waals surface area contributed by atoms with E-state index in [1.165, 1.54) is 72.3 Å². The summed E-state index contributed by atoms with van der Waals surface area (Å²) in [6.45, 7) is 0. The van der Waals surface area contributed by atoms with Gasteiger partial charge in [-0.1, -0.05) is 182 Å². The van der Waals surface area contributed by atoms with Gasteiger partial charge in [-0.05, 0) is 78.9 Å². The second kappa shape index (κ2) is 10.5. The molecule has 0 unspecified atom stereocenters. The summed E-state index contributed by atoms with van der Waals surface area (Å²) in [5.74, 6) is 1.77. The van der Waals surface area contributed by atoms with Crippen molar-refractivity contribution in [2.24, 2.45) is 0 Å². The number of hydrogen-bond donors (Lipinski definition) is 0. The van der Waals surface area contributed by atoms with E-state index in [1.54, 1.807) is 0 Å². The molecular formula is C50H32O. The Morgan fingerprint density at radius 2 is 0.706 bits per heavy atom. The maximum absolute atomic E-state index is 6.91. The first-order valence-corrected chi connectivity index (χ1v) is 17.8. The molecule has 0 bridgehead atoms. The van der Waals surface area contributed by atoms with Gasteiger partial charge in [0.15, 0.2) is 0 Å². The van der Waals surface area contributed by atoms with Crippen LogP contribution in [0, 0.1) is 0 Å². The highest BCUT2D eigenvalue weighted by atomic mass is 16.5. The van der Waals surface area contributed by atoms with Crippen molar-refractivity contribution in [3.05, 3.63) is 239 Å². The Morgan fingerprint density at radius 1 is 0.275 bits per heavy atom. The summed E-state index contributed by atoms with van der Waals surface area (Å²) in [5.41, 5.74) is 16.7. The van der Waals surface area contributed by atoms with E-state index in [4.69, 9.17) is 4.74 Å². The van der Waals surface area contributed by atoms with Crippen LogP contribution in [0.5, 0.6) is 11.5 Å². The molecule has 0 N–H and O–H groups in total. The predicted octanol–water partition coefficient (Wildman–Crippen LogP) is 12.2. The van der Waals surface area contributed by atoms with Crippen molar-refractivity contribution >= 4 is 0 Å². The number of para-hydroxylation sites is 1. The van der Waals surface area contributed by atoms with Crippen molar-refractivity contribution < 1.29 is 4.74 Å². The Labute approximate surface area is 298 Å². The van der Waals surface area contributed by atoms with Gasteiger partial charge < -0.3 is 4.74 Å². The SMILES string of the molecule is c1ccc(C2(c3ccccc3)c3ccccc3Oc3cccc(-c4cccc5c4-c4ccccc4C54c5ccccc5-c5ccccc54)c32)cc1. The Bertz CT molecular complexity index is 2580. The third kappa shape index (κ3) is 3.55. The number of rotatable bonds is 3. The van der Waals surface area contributed by atoms with Crippen LogP contribution in [0.4, 0.5) is 0 Å². The standard InChI is InChI=1S/C50H32O/c1-3-17-33(18-4-1)49(34-19-5-2-6-20-34)43-29-13-14-31-45(43)51-46-32-16-25-38(48(46)49)37-24-15-30-44-47(37)39-23-9-12-28-42(39)50(44)40-26-10-7-21-35(40)36-22-8-11-27-41(36)50/h1-32H. The molecule has 0 saturated carbocycles. The molecule has 8 aromatic carbocycles. The molecule has 0 fully saturated rings. The molecular weight excluding hydrogens is 617 g/mol. The van der Waals surface area contributed by atoms with E-state index >= 15 is 0 Å². The first kappa shape index (κ1) is 28.4. The van der Waals surface area contributed by atoms with Gasteiger partial charge in [0.1, 0.15) is 11.5 Å². The zero-order valence-electron chi connectivity index (χ0n) is 27.9. The Hall–Kier alpha value is -6.44. The summed E-state index contributed by atoms with van der Waals surface area (Å²) in [4.78, 5) is 0. The van der Waals surface area contributed by atoms with Crippen molar-refractivity contribution in [2.75, 3.05) is 0 Å². The number of fused-ring (bicyclic) bond motifs is 12. The quantitative estimate of drug-likeness (QED) is 0.185. The van der Waals surface area contributed by atoms with Crippen LogP contribution >= 0.6 is 0 Å². The lowest BCUT2D eigenvalue weighted by Gasteiger charge is -2.43. The van der Waals surface area contributed by atoms with Gasteiger partial charge in [0, 0.05) is 11.1 Å². The molecule has 2 aliphatic carbocycles. The summed E-state index contributed by atoms with van der Waals surface area (Å²) >= 11 is 0. The minimum atomic E-state index is -0.631. The summed E-state index contributed by atoms with van der Waals surface area (Å²) < 4.78 is 6.91. The molecule has 8 aromatic rings. The van der Waals surface area contributed by atoms with E-state index in [9.17, 15) is 0 Å². The second-order valence-electron chi connectivity index (χ2n) is 13.9. The molecule has 1 nitrogen and oxygen atoms in total. The smallest absolute Gasteiger partial charge is 0.132 e. The number of benzene rings is 8. The average molecular weight is 649 g/mol. The Morgan fingerprint density at radius 3 is 1.35 bits per heavy atom. The van der Waals surface area contributed by atoms with E-state index in [0.717, 1.165) is 17.1 Å². The van der Waals surface area contributed by atoms with Crippen molar-refractivity contribution in [1.82, 2.24) is 0 Å². The van der Waals surface area contributed by atoms with Gasteiger partial charge in [0.2, 0.25) is 0 Å². The fraction of sp³-hybridized carbons (Fsp3) is 0.0400. The summed E-state index contributed by atoms with van der Waals surface area (Å²) in [5, 5.41) is 0. The predicted molar refractivity (Wildman–Crippen MR) is 207 cm³/mol. The highest BCUT2D eigenvalue weighted by Gasteiger charge is 2.53. The molecule has 11 rings (SSSR count). The highest BCUT2D eigenvalue weighted by Crippen LogP contribution is 2.65. The minimum Gasteiger partial charge on any atom is -0.457 e. The molecule has 0 amide bonds. The lowest BCUT2D eigenvalue weighted by atomic mass is 9.62. The maximum atomic E-state index is 6.91. The van der Waals surface area contributed by atoms with Gasteiger partial charge in [-0.2, -0.15) is 0 Å². The molecule has 0 aromatic heterocycles. The van der Waals surface area contributed by atoms with Gasteiger partial charge in [-0.3, -0.25) is 0 Å². The zero-order chi connectivity index (χ0) is 33.6. The molecule has 0 saturated heterocycles. The number of hydrogen-bond acceptors (Lipinski definition) is 1. The van der Waals surface area contributed by atoms with Crippen LogP contribution in [-0.4, -0.2) is 0 Å². The van der Waals surface area contributed by atoms with Crippen LogP contribution in [-0.2, 0) is 10.8 Å². The summed E-state index contributed by atoms with van der Waals surface area (Å²) in [6.07, 6.45) is 0. The van der Waals surface area contributed by atoms with Gasteiger partial charge in [-0.25, -0.2) is 0 Å². The Balaban J connectivity index is 1.28. The third-order valence-corrected chi connectivity index (χ3v) is 11.6. The van der Waals surface area contributed by atoms with Gasteiger partial charge in [0.25, 0.3) is 0 Å². The lowest BCUT2D eigenvalue weighted by molar-refractivity contribution is 0.435. The van der Waals surface area contributed by atoms with Crippen LogP contribution in [0.25, 0.3) is 33.4 Å². The van der Waals surface area contributed by atoms with Crippen molar-refractivity contribution in [3.63, 3.8) is 0 Å². The van der Waals surface area contributed by atoms with Gasteiger partial charge >= 0.3 is 0 Å². The van der Waals surface area contributed by atoms with Crippen molar-refractivity contribution in [3.8, 4) is 44.9 Å². The van der Waals surface area contributed by atoms with Gasteiger partial charge in [-0.15, -0.1) is 0 Å². The normalized spacial score (nSPS) is 14.7. The molecule has 1 heterocycles. The molecule has 238 valence electrons. The van der Waals surface area contributed by atoms with E-state index in [-0.39, 0.29) is 0 Å². The van der Waals surface area contributed by atoms with Crippen molar-refractivity contribution in [1.29, 1.82) is 0 Å². The third-order valence-electron chi connectivity index (χ3n) is 11.6. The van der Waals surface area contributed by atoms with E-state index < -0.39 is 10.8 Å². The largest absolute Gasteiger partial charge is 0.457 e. The fourth-order valence-corrected chi connectivity index (χ4v) is 9.86. The topological polar surface area (TPSA) is 9.23 Å². The van der Waals surface area contributed by atoms with E-state index in [0.29, 0.717) is 0 Å². The minimum absolute atomic E-state index is 0.414. The van der Waals surface area contributed by atoms with Crippen LogP contribution in [0.15, 0.2) is 194 Å². The first-order chi connectivity index (χ1) is 25.3. The van der Waals surface area contributed by atoms with E-state index in [2.05, 4.69) is 194 Å². The molecule has 1 heteroatoms. The molecule has 3 aliphatic rings. The Kier molecular flexibility index (Phi) is 5.86. The zero-order valence-corrected chi connectivity index (χ0v) is 27.9. The maximum Gasteiger partial charge on any atom is 0.132 e. The van der Waals surface area contributed by atoms with Crippen molar-refractivity contribution in [2.45, 2.75) is 10.8 Å². The van der Waals surface area contributed by atoms with Crippen LogP contribution in [0.2, 0.25) is 0 Å². The molecule has 0 atom stereocenters. The summed E-state index contributed by atoms with van der Waals surface area (Å²) in [6, 6.07) is 71.3. The van der Waals surface area contributed by atoms with Crippen LogP contribution < -0.4 is 4.74 Å². The van der Waals surface area contributed by atoms with Crippen LogP contribution in [0.3, 0.4) is 0 Å². The monoisotopic (exact) mass is 648 g/mol. The second-order valence-corrected chi connectivity index (χ2v) is 13.9. The molecule has 1 spiro atoms. The highest BCUT2D eigenvalue weighted by molar-refractivity contribution is 6.01. The molecule has 51 heavy (non-hydrogen) atoms.